The lowest BCUT2D eigenvalue weighted by atomic mass is 10.0. The van der Waals surface area contributed by atoms with Crippen molar-refractivity contribution in [3.05, 3.63) is 0 Å². The van der Waals surface area contributed by atoms with Gasteiger partial charge in [0.25, 0.3) is 0 Å². The van der Waals surface area contributed by atoms with E-state index in [4.69, 9.17) is 0 Å². The van der Waals surface area contributed by atoms with Gasteiger partial charge in [0.2, 0.25) is 0 Å². The van der Waals surface area contributed by atoms with Crippen molar-refractivity contribution in [1.29, 1.82) is 0 Å². The van der Waals surface area contributed by atoms with Crippen LogP contribution in [0.4, 0.5) is 0 Å². The molecular weight excluding hydrogens is 138 g/mol. The minimum Gasteiger partial charge on any atom is -0.310 e. The first-order chi connectivity index (χ1) is 5.09. The number of likely N-dealkylation sites (N-methyl/N-ethyl adjacent to an activating group) is 1. The summed E-state index contributed by atoms with van der Waals surface area (Å²) in [5.41, 5.74) is 0. The summed E-state index contributed by atoms with van der Waals surface area (Å²) in [5, 5.41) is 2.95. The van der Waals surface area contributed by atoms with Crippen molar-refractivity contribution < 1.29 is 6.22 Å². The van der Waals surface area contributed by atoms with E-state index in [0.717, 1.165) is 0 Å². The van der Waals surface area contributed by atoms with Crippen molar-refractivity contribution >= 4 is 5.78 Å². The predicted molar refractivity (Wildman–Crippen MR) is 51.8 cm³/mol. The Kier molecular flexibility index (Phi) is 9.31. The van der Waals surface area contributed by atoms with Gasteiger partial charge >= 0.3 is 0 Å². The molecular formula is C9H23NO. The van der Waals surface area contributed by atoms with Gasteiger partial charge in [-0.3, -0.25) is 4.79 Å². The third-order valence-electron chi connectivity index (χ3n) is 1.42. The first-order valence-corrected chi connectivity index (χ1v) is 4.27. The van der Waals surface area contributed by atoms with Gasteiger partial charge in [0.05, 0.1) is 6.04 Å². The Morgan fingerprint density at radius 2 is 1.73 bits per heavy atom. The number of hydrogen-bond donors (Lipinski definition) is 1. The average Bonchev–Trinajstić information content (AvgIpc) is 1.91. The number of Topliss-reactive ketones (excluding diaryl/α,β-unsaturated/α-hetero) is 1. The molecule has 1 atom stereocenters. The van der Waals surface area contributed by atoms with Crippen molar-refractivity contribution in [1.82, 2.24) is 5.32 Å². The van der Waals surface area contributed by atoms with Gasteiger partial charge in [0, 0.05) is 1.43 Å². The van der Waals surface area contributed by atoms with E-state index in [1.54, 1.807) is 6.92 Å². The van der Waals surface area contributed by atoms with Crippen LogP contribution in [-0.4, -0.2) is 18.9 Å². The monoisotopic (exact) mass is 161 g/mol. The first-order valence-electron chi connectivity index (χ1n) is 4.27. The van der Waals surface area contributed by atoms with Gasteiger partial charge in [-0.05, 0) is 19.9 Å². The Balaban J connectivity index is -0.000000249. The average molecular weight is 161 g/mol. The summed E-state index contributed by atoms with van der Waals surface area (Å²) in [4.78, 5) is 10.8. The summed E-state index contributed by atoms with van der Waals surface area (Å²) in [5.74, 6) is 0.611. The van der Waals surface area contributed by atoms with Gasteiger partial charge in [-0.1, -0.05) is 27.7 Å². The van der Waals surface area contributed by atoms with E-state index in [1.807, 2.05) is 34.7 Å². The minimum atomic E-state index is 0. The largest absolute Gasteiger partial charge is 0.310 e. The minimum absolute atomic E-state index is 0. The molecule has 0 bridgehead atoms. The van der Waals surface area contributed by atoms with Crippen LogP contribution in [-0.2, 0) is 4.79 Å². The molecule has 1 unspecified atom stereocenters. The molecule has 70 valence electrons. The maximum Gasteiger partial charge on any atom is 0.146 e. The lowest BCUT2D eigenvalue weighted by Crippen LogP contribution is -2.36. The fraction of sp³-hybridized carbons (Fsp3) is 0.889. The second-order valence-electron chi connectivity index (χ2n) is 2.62. The standard InChI is InChI=1S/C7H15NO.C2H6.H2/c1-5(2)7(8-4)6(3)9;1-2;/h5,7-8H,1-4H3;1-2H3;1H. The Hall–Kier alpha value is -0.370. The van der Waals surface area contributed by atoms with E-state index in [2.05, 4.69) is 5.32 Å². The van der Waals surface area contributed by atoms with Crippen molar-refractivity contribution in [3.8, 4) is 0 Å². The number of hydrogen-bond acceptors (Lipinski definition) is 2. The number of nitrogens with one attached hydrogen (secondary N) is 1. The quantitative estimate of drug-likeness (QED) is 0.686. The second kappa shape index (κ2) is 7.73. The number of carbonyl (C=O) groups is 1. The van der Waals surface area contributed by atoms with Crippen molar-refractivity contribution in [2.75, 3.05) is 7.05 Å². The highest BCUT2D eigenvalue weighted by Crippen LogP contribution is 2.00. The molecule has 0 aliphatic heterocycles. The third-order valence-corrected chi connectivity index (χ3v) is 1.42. The van der Waals surface area contributed by atoms with Crippen LogP contribution in [0.2, 0.25) is 0 Å². The van der Waals surface area contributed by atoms with Crippen molar-refractivity contribution in [3.63, 3.8) is 0 Å². The van der Waals surface area contributed by atoms with Crippen LogP contribution in [0.25, 0.3) is 0 Å². The first kappa shape index (κ1) is 13.2. The Morgan fingerprint density at radius 1 is 1.36 bits per heavy atom. The Morgan fingerprint density at radius 3 is 1.73 bits per heavy atom. The number of ketones is 1. The molecule has 0 aromatic heterocycles. The van der Waals surface area contributed by atoms with Gasteiger partial charge in [0.15, 0.2) is 0 Å². The molecule has 0 aliphatic rings. The van der Waals surface area contributed by atoms with E-state index < -0.39 is 0 Å². The van der Waals surface area contributed by atoms with E-state index in [-0.39, 0.29) is 13.3 Å². The summed E-state index contributed by atoms with van der Waals surface area (Å²) >= 11 is 0. The van der Waals surface area contributed by atoms with Crippen LogP contribution in [0, 0.1) is 5.92 Å². The van der Waals surface area contributed by atoms with Gasteiger partial charge < -0.3 is 5.32 Å². The molecule has 0 heterocycles. The molecule has 0 rings (SSSR count). The Labute approximate surface area is 71.9 Å². The van der Waals surface area contributed by atoms with Crippen LogP contribution in [0.3, 0.4) is 0 Å². The van der Waals surface area contributed by atoms with Crippen molar-refractivity contribution in [2.24, 2.45) is 5.92 Å². The zero-order valence-corrected chi connectivity index (χ0v) is 8.56. The molecule has 0 aliphatic carbocycles. The van der Waals surface area contributed by atoms with E-state index in [9.17, 15) is 4.79 Å². The second-order valence-corrected chi connectivity index (χ2v) is 2.62. The molecule has 11 heavy (non-hydrogen) atoms. The summed E-state index contributed by atoms with van der Waals surface area (Å²) in [6.07, 6.45) is 0. The van der Waals surface area contributed by atoms with Crippen molar-refractivity contribution in [2.45, 2.75) is 40.7 Å². The van der Waals surface area contributed by atoms with Crippen LogP contribution in [0.1, 0.15) is 36.0 Å². The van der Waals surface area contributed by atoms with Crippen LogP contribution in [0.15, 0.2) is 0 Å². The molecule has 2 nitrogen and oxygen atoms in total. The topological polar surface area (TPSA) is 29.1 Å². The van der Waals surface area contributed by atoms with Crippen LogP contribution in [0.5, 0.6) is 0 Å². The molecule has 1 N–H and O–H groups in total. The zero-order valence-electron chi connectivity index (χ0n) is 8.56. The number of rotatable bonds is 3. The van der Waals surface area contributed by atoms with Gasteiger partial charge in [-0.15, -0.1) is 0 Å². The summed E-state index contributed by atoms with van der Waals surface area (Å²) in [6, 6.07) is 0.0324. The SMILES string of the molecule is CC.CNC(C(C)=O)C(C)C.[HH]. The maximum absolute atomic E-state index is 10.8. The molecule has 2 heteroatoms. The molecule has 0 saturated heterocycles. The smallest absolute Gasteiger partial charge is 0.146 e. The lowest BCUT2D eigenvalue weighted by molar-refractivity contribution is -0.119. The van der Waals surface area contributed by atoms with Gasteiger partial charge in [0.1, 0.15) is 5.78 Å². The zero-order chi connectivity index (χ0) is 9.44. The fourth-order valence-electron chi connectivity index (χ4n) is 1.01. The van der Waals surface area contributed by atoms with Gasteiger partial charge in [-0.2, -0.15) is 0 Å². The summed E-state index contributed by atoms with van der Waals surface area (Å²) in [7, 11) is 1.81. The molecule has 0 amide bonds. The lowest BCUT2D eigenvalue weighted by Gasteiger charge is -2.15. The fourth-order valence-corrected chi connectivity index (χ4v) is 1.01. The third kappa shape index (κ3) is 6.05. The molecule has 0 saturated carbocycles. The normalized spacial score (nSPS) is 11.9. The summed E-state index contributed by atoms with van der Waals surface area (Å²) in [6.45, 7) is 9.67. The van der Waals surface area contributed by atoms with E-state index in [0.29, 0.717) is 5.92 Å². The predicted octanol–water partition coefficient (Wildman–Crippen LogP) is 2.09. The molecule has 0 aromatic carbocycles. The maximum atomic E-state index is 10.8. The molecule has 0 radical (unpaired) electrons. The summed E-state index contributed by atoms with van der Waals surface area (Å²) < 4.78 is 0. The highest BCUT2D eigenvalue weighted by Gasteiger charge is 2.14. The Bertz CT molecular complexity index is 105. The number of carbonyl (C=O) groups excluding carboxylic acids is 1. The van der Waals surface area contributed by atoms with E-state index in [1.165, 1.54) is 0 Å². The molecule has 0 fully saturated rings. The molecule has 0 aromatic rings. The van der Waals surface area contributed by atoms with Gasteiger partial charge in [-0.25, -0.2) is 0 Å². The highest BCUT2D eigenvalue weighted by molar-refractivity contribution is 5.81. The van der Waals surface area contributed by atoms with Crippen LogP contribution >= 0.6 is 0 Å². The van der Waals surface area contributed by atoms with Crippen LogP contribution < -0.4 is 5.32 Å². The highest BCUT2D eigenvalue weighted by atomic mass is 16.1. The molecule has 0 spiro atoms. The van der Waals surface area contributed by atoms with E-state index >= 15 is 0 Å².